The third kappa shape index (κ3) is 2.85. The molecule has 1 N–H and O–H groups in total. The predicted molar refractivity (Wildman–Crippen MR) is 90.2 cm³/mol. The van der Waals surface area contributed by atoms with Crippen LogP contribution in [0.25, 0.3) is 0 Å². The maximum atomic E-state index is 11.4. The van der Waals surface area contributed by atoms with Gasteiger partial charge >= 0.3 is 0 Å². The van der Waals surface area contributed by atoms with E-state index >= 15 is 0 Å². The molecule has 21 heavy (non-hydrogen) atoms. The van der Waals surface area contributed by atoms with Gasteiger partial charge in [-0.15, -0.1) is 0 Å². The molecular formula is C16H13Br2NO2. The molecule has 0 radical (unpaired) electrons. The van der Waals surface area contributed by atoms with Crippen LogP contribution in [0.5, 0.6) is 5.75 Å². The lowest BCUT2D eigenvalue weighted by molar-refractivity contribution is -0.115. The Morgan fingerprint density at radius 2 is 2.05 bits per heavy atom. The van der Waals surface area contributed by atoms with E-state index in [1.54, 1.807) is 7.11 Å². The van der Waals surface area contributed by atoms with Gasteiger partial charge < -0.3 is 10.1 Å². The first-order chi connectivity index (χ1) is 10.1. The molecule has 0 bridgehead atoms. The summed E-state index contributed by atoms with van der Waals surface area (Å²) in [6, 6.07) is 12.0. The third-order valence-corrected chi connectivity index (χ3v) is 5.03. The number of amides is 1. The molecule has 0 aromatic heterocycles. The minimum atomic E-state index is 0.0153. The van der Waals surface area contributed by atoms with Crippen LogP contribution in [0.15, 0.2) is 40.9 Å². The second-order valence-corrected chi connectivity index (χ2v) is 6.72. The third-order valence-electron chi connectivity index (χ3n) is 3.52. The molecule has 0 saturated carbocycles. The lowest BCUT2D eigenvalue weighted by Gasteiger charge is -2.16. The molecule has 1 heterocycles. The van der Waals surface area contributed by atoms with Crippen molar-refractivity contribution in [1.29, 1.82) is 0 Å². The molecule has 1 unspecified atom stereocenters. The van der Waals surface area contributed by atoms with Gasteiger partial charge in [-0.25, -0.2) is 0 Å². The van der Waals surface area contributed by atoms with Crippen LogP contribution in [0.1, 0.15) is 21.5 Å². The van der Waals surface area contributed by atoms with Gasteiger partial charge in [-0.1, -0.05) is 50.1 Å². The maximum Gasteiger partial charge on any atom is 0.228 e. The van der Waals surface area contributed by atoms with Crippen molar-refractivity contribution in [2.75, 3.05) is 12.4 Å². The maximum absolute atomic E-state index is 11.4. The van der Waals surface area contributed by atoms with Crippen molar-refractivity contribution in [3.63, 3.8) is 0 Å². The Kier molecular flexibility index (Phi) is 4.04. The number of methoxy groups -OCH3 is 1. The van der Waals surface area contributed by atoms with Crippen LogP contribution in [0, 0.1) is 0 Å². The number of carbonyl (C=O) groups is 1. The minimum Gasteiger partial charge on any atom is -0.496 e. The number of hydrogen-bond acceptors (Lipinski definition) is 2. The summed E-state index contributed by atoms with van der Waals surface area (Å²) in [7, 11) is 1.66. The molecule has 3 rings (SSSR count). The Bertz CT molecular complexity index is 715. The summed E-state index contributed by atoms with van der Waals surface area (Å²) in [5, 5.41) is 2.85. The smallest absolute Gasteiger partial charge is 0.228 e. The van der Waals surface area contributed by atoms with E-state index in [1.807, 2.05) is 30.3 Å². The van der Waals surface area contributed by atoms with Gasteiger partial charge in [-0.3, -0.25) is 4.79 Å². The summed E-state index contributed by atoms with van der Waals surface area (Å²) in [5.74, 6) is 0.871. The number of rotatable bonds is 3. The monoisotopic (exact) mass is 409 g/mol. The van der Waals surface area contributed by atoms with Crippen molar-refractivity contribution in [1.82, 2.24) is 0 Å². The van der Waals surface area contributed by atoms with Crippen LogP contribution in [-0.2, 0) is 11.2 Å². The van der Waals surface area contributed by atoms with Gasteiger partial charge in [0.25, 0.3) is 0 Å². The van der Waals surface area contributed by atoms with E-state index in [0.717, 1.165) is 32.6 Å². The zero-order valence-corrected chi connectivity index (χ0v) is 14.5. The van der Waals surface area contributed by atoms with E-state index in [9.17, 15) is 4.79 Å². The lowest BCUT2D eigenvalue weighted by Crippen LogP contribution is -2.03. The van der Waals surface area contributed by atoms with Gasteiger partial charge in [-0.05, 0) is 29.3 Å². The van der Waals surface area contributed by atoms with Crippen LogP contribution in [0.2, 0.25) is 0 Å². The number of alkyl halides is 1. The SMILES string of the molecule is COc1cc(Br)ccc1C(Br)c1ccc2c(c1)CC(=O)N2. The molecule has 5 heteroatoms. The number of anilines is 1. The van der Waals surface area contributed by atoms with Crippen molar-refractivity contribution < 1.29 is 9.53 Å². The number of benzene rings is 2. The highest BCUT2D eigenvalue weighted by atomic mass is 79.9. The molecule has 0 saturated heterocycles. The fourth-order valence-corrected chi connectivity index (χ4v) is 3.48. The van der Waals surface area contributed by atoms with Crippen LogP contribution >= 0.6 is 31.9 Å². The van der Waals surface area contributed by atoms with E-state index in [0.29, 0.717) is 6.42 Å². The summed E-state index contributed by atoms with van der Waals surface area (Å²) in [5.41, 5.74) is 4.10. The number of nitrogens with one attached hydrogen (secondary N) is 1. The van der Waals surface area contributed by atoms with Crippen molar-refractivity contribution in [3.05, 3.63) is 57.6 Å². The van der Waals surface area contributed by atoms with Gasteiger partial charge in [-0.2, -0.15) is 0 Å². The second kappa shape index (κ2) is 5.81. The quantitative estimate of drug-likeness (QED) is 0.759. The summed E-state index contributed by atoms with van der Waals surface area (Å²) >= 11 is 7.18. The molecule has 0 spiro atoms. The average molecular weight is 411 g/mol. The first-order valence-electron chi connectivity index (χ1n) is 6.48. The highest BCUT2D eigenvalue weighted by Gasteiger charge is 2.21. The van der Waals surface area contributed by atoms with E-state index in [4.69, 9.17) is 4.74 Å². The van der Waals surface area contributed by atoms with Gasteiger partial charge in [0.15, 0.2) is 0 Å². The average Bonchev–Trinajstić information content (AvgIpc) is 2.85. The Hall–Kier alpha value is -1.33. The van der Waals surface area contributed by atoms with Crippen LogP contribution in [0.3, 0.4) is 0 Å². The van der Waals surface area contributed by atoms with E-state index in [2.05, 4.69) is 43.2 Å². The number of hydrogen-bond donors (Lipinski definition) is 1. The molecule has 108 valence electrons. The predicted octanol–water partition coefficient (Wildman–Crippen LogP) is 4.44. The molecule has 2 aromatic carbocycles. The molecule has 0 fully saturated rings. The van der Waals surface area contributed by atoms with E-state index < -0.39 is 0 Å². The largest absolute Gasteiger partial charge is 0.496 e. The molecule has 2 aromatic rings. The first kappa shape index (κ1) is 14.6. The van der Waals surface area contributed by atoms with Crippen LogP contribution in [0.4, 0.5) is 5.69 Å². The summed E-state index contributed by atoms with van der Waals surface area (Å²) in [4.78, 5) is 11.5. The summed E-state index contributed by atoms with van der Waals surface area (Å²) in [6.45, 7) is 0. The summed E-state index contributed by atoms with van der Waals surface area (Å²) in [6.07, 6.45) is 0.445. The number of carbonyl (C=O) groups excluding carboxylic acids is 1. The number of fused-ring (bicyclic) bond motifs is 1. The first-order valence-corrected chi connectivity index (χ1v) is 8.19. The van der Waals surface area contributed by atoms with Gasteiger partial charge in [0, 0.05) is 15.7 Å². The zero-order chi connectivity index (χ0) is 15.0. The Labute approximate surface area is 140 Å². The van der Waals surface area contributed by atoms with Gasteiger partial charge in [0.2, 0.25) is 5.91 Å². The molecule has 1 atom stereocenters. The molecule has 3 nitrogen and oxygen atoms in total. The fourth-order valence-electron chi connectivity index (χ4n) is 2.48. The second-order valence-electron chi connectivity index (χ2n) is 4.89. The fraction of sp³-hybridized carbons (Fsp3) is 0.188. The highest BCUT2D eigenvalue weighted by Crippen LogP contribution is 2.39. The topological polar surface area (TPSA) is 38.3 Å². The van der Waals surface area contributed by atoms with E-state index in [-0.39, 0.29) is 10.7 Å². The van der Waals surface area contributed by atoms with E-state index in [1.165, 1.54) is 0 Å². The molecule has 1 aliphatic rings. The highest BCUT2D eigenvalue weighted by molar-refractivity contribution is 9.10. The van der Waals surface area contributed by atoms with Crippen molar-refractivity contribution >= 4 is 43.5 Å². The Morgan fingerprint density at radius 3 is 2.81 bits per heavy atom. The Morgan fingerprint density at radius 1 is 1.24 bits per heavy atom. The van der Waals surface area contributed by atoms with Crippen molar-refractivity contribution in [2.24, 2.45) is 0 Å². The van der Waals surface area contributed by atoms with Gasteiger partial charge in [0.05, 0.1) is 18.4 Å². The number of halogens is 2. The number of ether oxygens (including phenoxy) is 1. The zero-order valence-electron chi connectivity index (χ0n) is 11.3. The molecule has 1 aliphatic heterocycles. The van der Waals surface area contributed by atoms with Gasteiger partial charge in [0.1, 0.15) is 5.75 Å². The molecule has 0 aliphatic carbocycles. The Balaban J connectivity index is 1.98. The van der Waals surface area contributed by atoms with Crippen LogP contribution in [-0.4, -0.2) is 13.0 Å². The van der Waals surface area contributed by atoms with Crippen LogP contribution < -0.4 is 10.1 Å². The summed E-state index contributed by atoms with van der Waals surface area (Å²) < 4.78 is 6.43. The lowest BCUT2D eigenvalue weighted by atomic mass is 10.0. The molecule has 1 amide bonds. The minimum absolute atomic E-state index is 0.0153. The van der Waals surface area contributed by atoms with Crippen molar-refractivity contribution in [3.8, 4) is 5.75 Å². The normalized spacial score (nSPS) is 14.5. The standard InChI is InChI=1S/C16H13Br2NO2/c1-21-14-8-11(17)3-4-12(14)16(18)9-2-5-13-10(6-9)7-15(20)19-13/h2-6,8,16H,7H2,1H3,(H,19,20). The van der Waals surface area contributed by atoms with Crippen molar-refractivity contribution in [2.45, 2.75) is 11.2 Å². The molecular weight excluding hydrogens is 398 g/mol.